The Kier molecular flexibility index (Phi) is 6.88. The van der Waals surface area contributed by atoms with E-state index in [-0.39, 0.29) is 18.0 Å². The van der Waals surface area contributed by atoms with Crippen molar-refractivity contribution in [2.75, 3.05) is 13.1 Å². The van der Waals surface area contributed by atoms with Gasteiger partial charge in [0.15, 0.2) is 0 Å². The molecule has 5 heteroatoms. The van der Waals surface area contributed by atoms with Gasteiger partial charge in [-0.2, -0.15) is 0 Å². The average Bonchev–Trinajstić information content (AvgIpc) is 2.22. The number of carbonyl (C=O) groups excluding carboxylic acids is 1. The number of urea groups is 1. The third-order valence-corrected chi connectivity index (χ3v) is 2.27. The van der Waals surface area contributed by atoms with Gasteiger partial charge in [-0.05, 0) is 11.8 Å². The van der Waals surface area contributed by atoms with Crippen LogP contribution in [-0.2, 0) is 4.79 Å². The van der Waals surface area contributed by atoms with Gasteiger partial charge in [0.1, 0.15) is 0 Å². The number of carboxylic acid groups (broad SMARTS) is 1. The molecule has 0 rings (SSSR count). The van der Waals surface area contributed by atoms with Crippen molar-refractivity contribution in [2.45, 2.75) is 33.6 Å². The summed E-state index contributed by atoms with van der Waals surface area (Å²) in [5.41, 5.74) is -0.0926. The quantitative estimate of drug-likeness (QED) is 0.496. The van der Waals surface area contributed by atoms with E-state index in [4.69, 9.17) is 11.5 Å². The van der Waals surface area contributed by atoms with Crippen molar-refractivity contribution in [1.82, 2.24) is 10.6 Å². The molecule has 18 heavy (non-hydrogen) atoms. The van der Waals surface area contributed by atoms with E-state index in [9.17, 15) is 9.59 Å². The predicted molar refractivity (Wildman–Crippen MR) is 70.0 cm³/mol. The topological polar surface area (TPSA) is 78.4 Å². The highest BCUT2D eigenvalue weighted by Crippen LogP contribution is 2.24. The van der Waals surface area contributed by atoms with E-state index in [2.05, 4.69) is 16.6 Å². The molecule has 0 aromatic carbocycles. The first kappa shape index (κ1) is 16.3. The lowest BCUT2D eigenvalue weighted by molar-refractivity contribution is -0.142. The molecule has 0 fully saturated rings. The maximum atomic E-state index is 11.3. The van der Waals surface area contributed by atoms with Crippen molar-refractivity contribution in [3.63, 3.8) is 0 Å². The van der Waals surface area contributed by atoms with Crippen LogP contribution in [0, 0.1) is 23.7 Å². The van der Waals surface area contributed by atoms with Crippen LogP contribution in [0.25, 0.3) is 0 Å². The van der Waals surface area contributed by atoms with Gasteiger partial charge < -0.3 is 15.7 Å². The maximum absolute atomic E-state index is 11.3. The molecule has 0 heterocycles. The Morgan fingerprint density at radius 3 is 2.39 bits per heavy atom. The van der Waals surface area contributed by atoms with Crippen LogP contribution in [-0.4, -0.2) is 30.2 Å². The number of amides is 2. The highest BCUT2D eigenvalue weighted by molar-refractivity contribution is 5.75. The van der Waals surface area contributed by atoms with E-state index in [0.29, 0.717) is 19.4 Å². The number of terminal acetylenes is 1. The SMILES string of the molecule is C#CCCNC(=O)NCC(CC(C)(C)C)C(=O)O. The molecule has 0 aliphatic heterocycles. The highest BCUT2D eigenvalue weighted by Gasteiger charge is 2.24. The van der Waals surface area contributed by atoms with Crippen molar-refractivity contribution in [2.24, 2.45) is 11.3 Å². The molecule has 102 valence electrons. The fraction of sp³-hybridized carbons (Fsp3) is 0.692. The minimum Gasteiger partial charge on any atom is -0.481 e. The fourth-order valence-electron chi connectivity index (χ4n) is 1.51. The third-order valence-electron chi connectivity index (χ3n) is 2.27. The van der Waals surface area contributed by atoms with E-state index < -0.39 is 11.9 Å². The Hall–Kier alpha value is -1.70. The van der Waals surface area contributed by atoms with E-state index in [1.54, 1.807) is 0 Å². The van der Waals surface area contributed by atoms with Crippen molar-refractivity contribution in [3.05, 3.63) is 0 Å². The Morgan fingerprint density at radius 2 is 1.94 bits per heavy atom. The Labute approximate surface area is 108 Å². The van der Waals surface area contributed by atoms with Crippen molar-refractivity contribution >= 4 is 12.0 Å². The molecule has 2 amide bonds. The lowest BCUT2D eigenvalue weighted by Gasteiger charge is -2.23. The smallest absolute Gasteiger partial charge is 0.314 e. The van der Waals surface area contributed by atoms with Crippen LogP contribution in [0.1, 0.15) is 33.6 Å². The zero-order chi connectivity index (χ0) is 14.2. The van der Waals surface area contributed by atoms with E-state index in [1.165, 1.54) is 0 Å². The minimum absolute atomic E-state index is 0.0926. The molecule has 1 unspecified atom stereocenters. The van der Waals surface area contributed by atoms with Gasteiger partial charge in [0.25, 0.3) is 0 Å². The first-order valence-corrected chi connectivity index (χ1v) is 5.94. The van der Waals surface area contributed by atoms with Gasteiger partial charge in [0.05, 0.1) is 5.92 Å². The molecule has 0 radical (unpaired) electrons. The van der Waals surface area contributed by atoms with Gasteiger partial charge in [0.2, 0.25) is 0 Å². The highest BCUT2D eigenvalue weighted by atomic mass is 16.4. The average molecular weight is 254 g/mol. The van der Waals surface area contributed by atoms with Crippen LogP contribution >= 0.6 is 0 Å². The van der Waals surface area contributed by atoms with Crippen LogP contribution in [0.15, 0.2) is 0 Å². The first-order valence-electron chi connectivity index (χ1n) is 5.94. The number of rotatable bonds is 6. The van der Waals surface area contributed by atoms with Gasteiger partial charge in [-0.15, -0.1) is 12.3 Å². The summed E-state index contributed by atoms with van der Waals surface area (Å²) in [6, 6.07) is -0.384. The predicted octanol–water partition coefficient (Wildman–Crippen LogP) is 1.45. The molecule has 0 saturated carbocycles. The fourth-order valence-corrected chi connectivity index (χ4v) is 1.51. The van der Waals surface area contributed by atoms with Crippen LogP contribution in [0.5, 0.6) is 0 Å². The second-order valence-corrected chi connectivity index (χ2v) is 5.39. The lowest BCUT2D eigenvalue weighted by Crippen LogP contribution is -2.41. The summed E-state index contributed by atoms with van der Waals surface area (Å²) in [7, 11) is 0. The summed E-state index contributed by atoms with van der Waals surface area (Å²) in [5, 5.41) is 14.2. The van der Waals surface area contributed by atoms with Gasteiger partial charge in [-0.3, -0.25) is 4.79 Å². The number of hydrogen-bond donors (Lipinski definition) is 3. The number of carbonyl (C=O) groups is 2. The summed E-state index contributed by atoms with van der Waals surface area (Å²) in [5.74, 6) is 0.926. The van der Waals surface area contributed by atoms with Gasteiger partial charge in [-0.1, -0.05) is 20.8 Å². The van der Waals surface area contributed by atoms with Crippen LogP contribution in [0.2, 0.25) is 0 Å². The van der Waals surface area contributed by atoms with Crippen LogP contribution < -0.4 is 10.6 Å². The summed E-state index contributed by atoms with van der Waals surface area (Å²) >= 11 is 0. The Bertz CT molecular complexity index is 326. The van der Waals surface area contributed by atoms with E-state index >= 15 is 0 Å². The zero-order valence-electron chi connectivity index (χ0n) is 11.2. The summed E-state index contributed by atoms with van der Waals surface area (Å²) in [4.78, 5) is 22.4. The molecule has 0 spiro atoms. The third kappa shape index (κ3) is 8.45. The minimum atomic E-state index is -0.895. The summed E-state index contributed by atoms with van der Waals surface area (Å²) in [6.45, 7) is 6.41. The Morgan fingerprint density at radius 1 is 1.33 bits per heavy atom. The molecule has 0 aromatic rings. The largest absolute Gasteiger partial charge is 0.481 e. The molecule has 0 bridgehead atoms. The van der Waals surface area contributed by atoms with Gasteiger partial charge in [-0.25, -0.2) is 4.79 Å². The van der Waals surface area contributed by atoms with E-state index in [0.717, 1.165) is 0 Å². The number of aliphatic carboxylic acids is 1. The maximum Gasteiger partial charge on any atom is 0.314 e. The normalized spacial score (nSPS) is 12.3. The molecule has 3 N–H and O–H groups in total. The van der Waals surface area contributed by atoms with Gasteiger partial charge >= 0.3 is 12.0 Å². The second kappa shape index (κ2) is 7.59. The monoisotopic (exact) mass is 254 g/mol. The van der Waals surface area contributed by atoms with Crippen LogP contribution in [0.4, 0.5) is 4.79 Å². The summed E-state index contributed by atoms with van der Waals surface area (Å²) in [6.07, 6.45) is 6.01. The molecule has 0 aromatic heterocycles. The molecule has 0 aliphatic rings. The summed E-state index contributed by atoms with van der Waals surface area (Å²) < 4.78 is 0. The number of nitrogens with one attached hydrogen (secondary N) is 2. The standard InChI is InChI=1S/C13H22N2O3/c1-5-6-7-14-12(18)15-9-10(11(16)17)8-13(2,3)4/h1,10H,6-9H2,2-4H3,(H,16,17)(H2,14,15,18). The molecule has 5 nitrogen and oxygen atoms in total. The lowest BCUT2D eigenvalue weighted by atomic mass is 9.84. The molecular formula is C13H22N2O3. The Balaban J connectivity index is 4.09. The molecule has 1 atom stereocenters. The first-order chi connectivity index (χ1) is 8.26. The van der Waals surface area contributed by atoms with Crippen molar-refractivity contribution < 1.29 is 14.7 Å². The van der Waals surface area contributed by atoms with E-state index in [1.807, 2.05) is 20.8 Å². The zero-order valence-corrected chi connectivity index (χ0v) is 11.2. The van der Waals surface area contributed by atoms with Crippen LogP contribution in [0.3, 0.4) is 0 Å². The number of carboxylic acids is 1. The van der Waals surface area contributed by atoms with Gasteiger partial charge in [0, 0.05) is 19.5 Å². The number of hydrogen-bond acceptors (Lipinski definition) is 2. The van der Waals surface area contributed by atoms with Crippen molar-refractivity contribution in [3.8, 4) is 12.3 Å². The molecule has 0 aliphatic carbocycles. The second-order valence-electron chi connectivity index (χ2n) is 5.39. The molecule has 0 saturated heterocycles. The van der Waals surface area contributed by atoms with Crippen molar-refractivity contribution in [1.29, 1.82) is 0 Å². The molecular weight excluding hydrogens is 232 g/mol.